The van der Waals surface area contributed by atoms with Gasteiger partial charge < -0.3 is 15.2 Å². The first-order chi connectivity index (χ1) is 15.0. The van der Waals surface area contributed by atoms with E-state index in [-0.39, 0.29) is 17.9 Å². The SMILES string of the molecule is CCCNC(=O)CN1CCC(NC(=O)c2cc(-c3cccs3)nc3onc(C)c23)CC1. The van der Waals surface area contributed by atoms with E-state index in [2.05, 4.69) is 25.7 Å². The third-order valence-corrected chi connectivity index (χ3v) is 6.39. The van der Waals surface area contributed by atoms with E-state index in [1.807, 2.05) is 37.4 Å². The van der Waals surface area contributed by atoms with Gasteiger partial charge in [0.05, 0.1) is 33.8 Å². The van der Waals surface area contributed by atoms with E-state index >= 15 is 0 Å². The third-order valence-electron chi connectivity index (χ3n) is 5.50. The molecule has 0 bridgehead atoms. The average Bonchev–Trinajstić information content (AvgIpc) is 3.43. The van der Waals surface area contributed by atoms with Gasteiger partial charge in [0.2, 0.25) is 5.91 Å². The molecule has 0 radical (unpaired) electrons. The lowest BCUT2D eigenvalue weighted by atomic mass is 10.0. The number of aryl methyl sites for hydroxylation is 1. The molecule has 2 N–H and O–H groups in total. The average molecular weight is 442 g/mol. The highest BCUT2D eigenvalue weighted by Crippen LogP contribution is 2.29. The lowest BCUT2D eigenvalue weighted by Crippen LogP contribution is -2.47. The van der Waals surface area contributed by atoms with E-state index in [0.29, 0.717) is 41.1 Å². The number of piperidine rings is 1. The Balaban J connectivity index is 1.43. The molecule has 2 amide bonds. The zero-order valence-electron chi connectivity index (χ0n) is 17.8. The smallest absolute Gasteiger partial charge is 0.259 e. The van der Waals surface area contributed by atoms with Crippen LogP contribution in [0.15, 0.2) is 28.1 Å². The van der Waals surface area contributed by atoms with E-state index < -0.39 is 0 Å². The monoisotopic (exact) mass is 441 g/mol. The van der Waals surface area contributed by atoms with Crippen molar-refractivity contribution in [1.29, 1.82) is 0 Å². The number of nitrogens with one attached hydrogen (secondary N) is 2. The summed E-state index contributed by atoms with van der Waals surface area (Å²) in [5.74, 6) is -0.0804. The summed E-state index contributed by atoms with van der Waals surface area (Å²) >= 11 is 1.56. The molecule has 1 aliphatic rings. The molecule has 0 aromatic carbocycles. The van der Waals surface area contributed by atoms with Crippen molar-refractivity contribution in [3.63, 3.8) is 0 Å². The number of amides is 2. The van der Waals surface area contributed by atoms with E-state index in [4.69, 9.17) is 4.52 Å². The fourth-order valence-corrected chi connectivity index (χ4v) is 4.53. The number of fused-ring (bicyclic) bond motifs is 1. The molecule has 0 aliphatic carbocycles. The minimum Gasteiger partial charge on any atom is -0.355 e. The Kier molecular flexibility index (Phi) is 6.62. The maximum absolute atomic E-state index is 13.2. The van der Waals surface area contributed by atoms with Gasteiger partial charge in [-0.3, -0.25) is 14.5 Å². The molecule has 31 heavy (non-hydrogen) atoms. The molecule has 1 fully saturated rings. The maximum atomic E-state index is 13.2. The summed E-state index contributed by atoms with van der Waals surface area (Å²) in [5, 5.41) is 12.7. The molecule has 1 saturated heterocycles. The summed E-state index contributed by atoms with van der Waals surface area (Å²) in [4.78, 5) is 32.8. The number of hydrogen-bond donors (Lipinski definition) is 2. The second-order valence-electron chi connectivity index (χ2n) is 7.85. The highest BCUT2D eigenvalue weighted by molar-refractivity contribution is 7.13. The van der Waals surface area contributed by atoms with Gasteiger partial charge >= 0.3 is 0 Å². The maximum Gasteiger partial charge on any atom is 0.259 e. The van der Waals surface area contributed by atoms with Gasteiger partial charge in [-0.2, -0.15) is 0 Å². The topological polar surface area (TPSA) is 100 Å². The molecule has 4 heterocycles. The van der Waals surface area contributed by atoms with Gasteiger partial charge in [0.15, 0.2) is 0 Å². The Morgan fingerprint density at radius 2 is 2.13 bits per heavy atom. The van der Waals surface area contributed by atoms with Crippen molar-refractivity contribution >= 4 is 34.3 Å². The number of rotatable bonds is 7. The van der Waals surface area contributed by atoms with Gasteiger partial charge in [-0.1, -0.05) is 18.1 Å². The zero-order valence-corrected chi connectivity index (χ0v) is 18.6. The summed E-state index contributed by atoms with van der Waals surface area (Å²) < 4.78 is 5.37. The van der Waals surface area contributed by atoms with Gasteiger partial charge in [0.25, 0.3) is 11.6 Å². The molecule has 4 rings (SSSR count). The Hall–Kier alpha value is -2.78. The summed E-state index contributed by atoms with van der Waals surface area (Å²) in [6.07, 6.45) is 2.55. The molecule has 0 saturated carbocycles. The summed E-state index contributed by atoms with van der Waals surface area (Å²) in [5.41, 5.74) is 2.27. The summed E-state index contributed by atoms with van der Waals surface area (Å²) in [7, 11) is 0. The van der Waals surface area contributed by atoms with E-state index in [1.165, 1.54) is 0 Å². The van der Waals surface area contributed by atoms with Crippen LogP contribution in [0.4, 0.5) is 0 Å². The van der Waals surface area contributed by atoms with Crippen LogP contribution in [0, 0.1) is 6.92 Å². The van der Waals surface area contributed by atoms with E-state index in [9.17, 15) is 9.59 Å². The first-order valence-electron chi connectivity index (χ1n) is 10.7. The van der Waals surface area contributed by atoms with Crippen LogP contribution in [0.3, 0.4) is 0 Å². The standard InChI is InChI=1S/C22H27N5O3S/c1-3-8-23-19(28)13-27-9-6-15(7-10-27)24-21(29)16-12-17(18-5-4-11-31-18)25-22-20(16)14(2)26-30-22/h4-5,11-12,15H,3,6-10,13H2,1-2H3,(H,23,28)(H,24,29). The van der Waals surface area contributed by atoms with Gasteiger partial charge in [0.1, 0.15) is 0 Å². The number of hydrogen-bond acceptors (Lipinski definition) is 7. The number of carbonyl (C=O) groups is 2. The highest BCUT2D eigenvalue weighted by Gasteiger charge is 2.25. The van der Waals surface area contributed by atoms with Crippen LogP contribution >= 0.6 is 11.3 Å². The summed E-state index contributed by atoms with van der Waals surface area (Å²) in [6.45, 7) is 6.54. The number of carbonyl (C=O) groups excluding carboxylic acids is 2. The number of aromatic nitrogens is 2. The lowest BCUT2D eigenvalue weighted by molar-refractivity contribution is -0.122. The second-order valence-corrected chi connectivity index (χ2v) is 8.80. The van der Waals surface area contributed by atoms with E-state index in [0.717, 1.165) is 37.2 Å². The van der Waals surface area contributed by atoms with E-state index in [1.54, 1.807) is 11.3 Å². The van der Waals surface area contributed by atoms with Crippen molar-refractivity contribution in [2.75, 3.05) is 26.2 Å². The molecule has 0 unspecified atom stereocenters. The van der Waals surface area contributed by atoms with Gasteiger partial charge in [-0.15, -0.1) is 11.3 Å². The van der Waals surface area contributed by atoms with Crippen molar-refractivity contribution in [3.05, 3.63) is 34.8 Å². The molecule has 8 nitrogen and oxygen atoms in total. The Bertz CT molecular complexity index is 1050. The molecular weight excluding hydrogens is 414 g/mol. The van der Waals surface area contributed by atoms with Gasteiger partial charge in [-0.25, -0.2) is 4.98 Å². The van der Waals surface area contributed by atoms with Gasteiger partial charge in [0, 0.05) is 25.7 Å². The van der Waals surface area contributed by atoms with Crippen molar-refractivity contribution in [2.24, 2.45) is 0 Å². The normalized spacial score (nSPS) is 15.3. The van der Waals surface area contributed by atoms with Crippen molar-refractivity contribution in [2.45, 2.75) is 39.2 Å². The fourth-order valence-electron chi connectivity index (χ4n) is 3.85. The van der Waals surface area contributed by atoms with Gasteiger partial charge in [-0.05, 0) is 43.7 Å². The van der Waals surface area contributed by atoms with Crippen LogP contribution in [-0.4, -0.2) is 59.1 Å². The molecule has 3 aromatic heterocycles. The summed E-state index contributed by atoms with van der Waals surface area (Å²) in [6, 6.07) is 5.81. The van der Waals surface area contributed by atoms with Crippen LogP contribution in [-0.2, 0) is 4.79 Å². The van der Waals surface area contributed by atoms with Crippen LogP contribution in [0.2, 0.25) is 0 Å². The number of likely N-dealkylation sites (tertiary alicyclic amines) is 1. The molecule has 9 heteroatoms. The number of nitrogens with zero attached hydrogens (tertiary/aromatic N) is 3. The van der Waals surface area contributed by atoms with Crippen molar-refractivity contribution < 1.29 is 14.1 Å². The third kappa shape index (κ3) is 4.94. The molecule has 0 atom stereocenters. The molecule has 0 spiro atoms. The van der Waals surface area contributed by atoms with Crippen LogP contribution in [0.5, 0.6) is 0 Å². The Morgan fingerprint density at radius 3 is 2.84 bits per heavy atom. The van der Waals surface area contributed by atoms with Crippen LogP contribution in [0.1, 0.15) is 42.2 Å². The minimum absolute atomic E-state index is 0.0625. The number of thiophene rings is 1. The molecule has 3 aromatic rings. The lowest BCUT2D eigenvalue weighted by Gasteiger charge is -2.31. The van der Waals surface area contributed by atoms with Crippen molar-refractivity contribution in [3.8, 4) is 10.6 Å². The molecular formula is C22H27N5O3S. The molecule has 1 aliphatic heterocycles. The van der Waals surface area contributed by atoms with Crippen LogP contribution in [0.25, 0.3) is 21.7 Å². The second kappa shape index (κ2) is 9.57. The first-order valence-corrected chi connectivity index (χ1v) is 11.5. The highest BCUT2D eigenvalue weighted by atomic mass is 32.1. The minimum atomic E-state index is -0.143. The Morgan fingerprint density at radius 1 is 1.32 bits per heavy atom. The van der Waals surface area contributed by atoms with Crippen LogP contribution < -0.4 is 10.6 Å². The largest absolute Gasteiger partial charge is 0.355 e. The zero-order chi connectivity index (χ0) is 21.8. The fraction of sp³-hybridized carbons (Fsp3) is 0.455. The Labute approximate surface area is 185 Å². The predicted octanol–water partition coefficient (Wildman–Crippen LogP) is 2.98. The van der Waals surface area contributed by atoms with Crippen molar-refractivity contribution in [1.82, 2.24) is 25.7 Å². The quantitative estimate of drug-likeness (QED) is 0.585. The predicted molar refractivity (Wildman–Crippen MR) is 120 cm³/mol. The first kappa shape index (κ1) is 21.5. The number of pyridine rings is 1. The molecule has 164 valence electrons.